The minimum Gasteiger partial charge on any atom is -0.352 e. The van der Waals surface area contributed by atoms with E-state index in [2.05, 4.69) is 21.2 Å². The number of carbonyl (C=O) groups excluding carboxylic acids is 2. The number of nitrogens with one attached hydrogen (secondary N) is 1. The number of sulfonamides is 1. The summed E-state index contributed by atoms with van der Waals surface area (Å²) in [5.74, 6) is -0.790. The molecule has 224 valence electrons. The number of anilines is 1. The molecule has 0 bridgehead atoms. The number of benzene rings is 4. The van der Waals surface area contributed by atoms with Crippen molar-refractivity contribution < 1.29 is 18.0 Å². The lowest BCUT2D eigenvalue weighted by molar-refractivity contribution is -0.140. The Bertz CT molecular complexity index is 1600. The van der Waals surface area contributed by atoms with Crippen molar-refractivity contribution in [2.24, 2.45) is 0 Å². The van der Waals surface area contributed by atoms with E-state index in [1.807, 2.05) is 68.4 Å². The molecule has 0 aliphatic carbocycles. The van der Waals surface area contributed by atoms with Crippen LogP contribution in [0.15, 0.2) is 125 Å². The van der Waals surface area contributed by atoms with Crippen molar-refractivity contribution in [3.63, 3.8) is 0 Å². The highest BCUT2D eigenvalue weighted by Crippen LogP contribution is 2.25. The van der Waals surface area contributed by atoms with E-state index < -0.39 is 28.5 Å². The monoisotopic (exact) mass is 661 g/mol. The quantitative estimate of drug-likeness (QED) is 0.185. The fourth-order valence-electron chi connectivity index (χ4n) is 4.67. The summed E-state index contributed by atoms with van der Waals surface area (Å²) in [4.78, 5) is 29.8. The Morgan fingerprint density at radius 2 is 1.40 bits per heavy atom. The zero-order valence-corrected chi connectivity index (χ0v) is 26.7. The first-order valence-corrected chi connectivity index (χ1v) is 16.4. The van der Waals surface area contributed by atoms with Crippen LogP contribution < -0.4 is 9.62 Å². The van der Waals surface area contributed by atoms with Gasteiger partial charge in [-0.1, -0.05) is 102 Å². The summed E-state index contributed by atoms with van der Waals surface area (Å²) < 4.78 is 29.8. The maximum absolute atomic E-state index is 14.4. The van der Waals surface area contributed by atoms with E-state index in [0.717, 1.165) is 26.3 Å². The van der Waals surface area contributed by atoms with E-state index in [4.69, 9.17) is 0 Å². The van der Waals surface area contributed by atoms with E-state index in [1.54, 1.807) is 48.5 Å². The molecular weight excluding hydrogens is 626 g/mol. The zero-order valence-electron chi connectivity index (χ0n) is 24.3. The van der Waals surface area contributed by atoms with Crippen LogP contribution >= 0.6 is 15.9 Å². The molecule has 0 unspecified atom stereocenters. The van der Waals surface area contributed by atoms with Gasteiger partial charge in [-0.3, -0.25) is 13.9 Å². The van der Waals surface area contributed by atoms with E-state index in [-0.39, 0.29) is 29.8 Å². The molecule has 4 rings (SSSR count). The summed E-state index contributed by atoms with van der Waals surface area (Å²) >= 11 is 3.50. The lowest BCUT2D eigenvalue weighted by Crippen LogP contribution is -2.54. The number of halogens is 1. The Morgan fingerprint density at radius 3 is 2.00 bits per heavy atom. The number of nitrogens with zero attached hydrogens (tertiary/aromatic N) is 2. The van der Waals surface area contributed by atoms with Gasteiger partial charge in [0.1, 0.15) is 12.6 Å². The molecule has 0 aliphatic rings. The zero-order chi connectivity index (χ0) is 30.8. The molecule has 0 saturated heterocycles. The van der Waals surface area contributed by atoms with Gasteiger partial charge >= 0.3 is 0 Å². The number of hydrogen-bond donors (Lipinski definition) is 1. The number of carbonyl (C=O) groups is 2. The molecular formula is C34H36BrN3O4S. The second kappa shape index (κ2) is 15.0. The van der Waals surface area contributed by atoms with Gasteiger partial charge in [0.25, 0.3) is 10.0 Å². The van der Waals surface area contributed by atoms with Gasteiger partial charge in [-0.05, 0) is 60.9 Å². The third-order valence-electron chi connectivity index (χ3n) is 7.17. The summed E-state index contributed by atoms with van der Waals surface area (Å²) in [5.41, 5.74) is 2.04. The van der Waals surface area contributed by atoms with Gasteiger partial charge in [0.05, 0.1) is 10.6 Å². The molecule has 2 atom stereocenters. The molecule has 7 nitrogen and oxygen atoms in total. The Kier molecular flexibility index (Phi) is 11.1. The SMILES string of the molecule is CC[C@@H](C)NC(=O)[C@@H](Cc1ccccc1)N(Cc1cccc(Br)c1)C(=O)CN(c1ccccc1)S(=O)(=O)c1ccccc1. The molecule has 0 aliphatic heterocycles. The average molecular weight is 663 g/mol. The highest BCUT2D eigenvalue weighted by atomic mass is 79.9. The molecule has 1 N–H and O–H groups in total. The van der Waals surface area contributed by atoms with E-state index in [1.165, 1.54) is 17.0 Å². The summed E-state index contributed by atoms with van der Waals surface area (Å²) in [6.07, 6.45) is 0.986. The predicted octanol–water partition coefficient (Wildman–Crippen LogP) is 6.20. The molecule has 0 aromatic heterocycles. The van der Waals surface area contributed by atoms with Gasteiger partial charge in [0.15, 0.2) is 0 Å². The first-order valence-electron chi connectivity index (χ1n) is 14.2. The summed E-state index contributed by atoms with van der Waals surface area (Å²) in [6, 6.07) is 32.6. The number of hydrogen-bond acceptors (Lipinski definition) is 4. The first-order chi connectivity index (χ1) is 20.7. The summed E-state index contributed by atoms with van der Waals surface area (Å²) in [5, 5.41) is 3.05. The van der Waals surface area contributed by atoms with Crippen LogP contribution in [0.25, 0.3) is 0 Å². The number of para-hydroxylation sites is 1. The molecule has 0 heterocycles. The van der Waals surface area contributed by atoms with E-state index in [0.29, 0.717) is 5.69 Å². The maximum Gasteiger partial charge on any atom is 0.264 e. The van der Waals surface area contributed by atoms with Gasteiger partial charge < -0.3 is 10.2 Å². The topological polar surface area (TPSA) is 86.8 Å². The number of rotatable bonds is 13. The van der Waals surface area contributed by atoms with Gasteiger partial charge in [-0.2, -0.15) is 0 Å². The molecule has 43 heavy (non-hydrogen) atoms. The van der Waals surface area contributed by atoms with Crippen molar-refractivity contribution in [3.8, 4) is 0 Å². The molecule has 0 saturated carbocycles. The lowest BCUT2D eigenvalue weighted by Gasteiger charge is -2.34. The maximum atomic E-state index is 14.4. The van der Waals surface area contributed by atoms with Crippen molar-refractivity contribution in [3.05, 3.63) is 131 Å². The smallest absolute Gasteiger partial charge is 0.264 e. The lowest BCUT2D eigenvalue weighted by atomic mass is 10.0. The van der Waals surface area contributed by atoms with Gasteiger partial charge in [-0.25, -0.2) is 8.42 Å². The van der Waals surface area contributed by atoms with Crippen LogP contribution in [0.3, 0.4) is 0 Å². The molecule has 0 radical (unpaired) electrons. The van der Waals surface area contributed by atoms with E-state index >= 15 is 0 Å². The van der Waals surface area contributed by atoms with E-state index in [9.17, 15) is 18.0 Å². The third kappa shape index (κ3) is 8.55. The molecule has 4 aromatic carbocycles. The van der Waals surface area contributed by atoms with Crippen LogP contribution in [0, 0.1) is 0 Å². The highest BCUT2D eigenvalue weighted by Gasteiger charge is 2.34. The number of amides is 2. The standard InChI is InChI=1S/C34H36BrN3O4S/c1-3-26(2)36-34(40)32(23-27-14-7-4-8-15-27)37(24-28-16-13-17-29(35)22-28)33(39)25-38(30-18-9-5-10-19-30)43(41,42)31-20-11-6-12-21-31/h4-22,26,32H,3,23-25H2,1-2H3,(H,36,40)/t26-,32-/m1/s1. The van der Waals surface area contributed by atoms with Crippen LogP contribution in [0.1, 0.15) is 31.4 Å². The summed E-state index contributed by atoms with van der Waals surface area (Å²) in [6.45, 7) is 3.52. The van der Waals surface area contributed by atoms with Crippen LogP contribution in [-0.4, -0.2) is 43.8 Å². The molecule has 0 fully saturated rings. The van der Waals surface area contributed by atoms with Gasteiger partial charge in [0.2, 0.25) is 11.8 Å². The second-order valence-corrected chi connectivity index (χ2v) is 13.1. The van der Waals surface area contributed by atoms with Crippen molar-refractivity contribution in [2.45, 2.75) is 50.2 Å². The first kappa shape index (κ1) is 32.0. The average Bonchev–Trinajstić information content (AvgIpc) is 3.02. The largest absolute Gasteiger partial charge is 0.352 e. The van der Waals surface area contributed by atoms with Crippen LogP contribution in [-0.2, 0) is 32.6 Å². The van der Waals surface area contributed by atoms with Crippen LogP contribution in [0.2, 0.25) is 0 Å². The Balaban J connectivity index is 1.79. The minimum atomic E-state index is -4.11. The second-order valence-electron chi connectivity index (χ2n) is 10.3. The Morgan fingerprint density at radius 1 is 0.814 bits per heavy atom. The fraction of sp³-hybridized carbons (Fsp3) is 0.235. The molecule has 0 spiro atoms. The molecule has 2 amide bonds. The molecule has 9 heteroatoms. The minimum absolute atomic E-state index is 0.0699. The highest BCUT2D eigenvalue weighted by molar-refractivity contribution is 9.10. The summed E-state index contributed by atoms with van der Waals surface area (Å²) in [7, 11) is -4.11. The Hall–Kier alpha value is -3.95. The predicted molar refractivity (Wildman–Crippen MR) is 174 cm³/mol. The molecule has 4 aromatic rings. The van der Waals surface area contributed by atoms with Crippen molar-refractivity contribution in [2.75, 3.05) is 10.8 Å². The van der Waals surface area contributed by atoms with Gasteiger partial charge in [-0.15, -0.1) is 0 Å². The van der Waals surface area contributed by atoms with Crippen LogP contribution in [0.5, 0.6) is 0 Å². The normalized spacial score (nSPS) is 12.6. The van der Waals surface area contributed by atoms with Gasteiger partial charge in [0, 0.05) is 23.5 Å². The van der Waals surface area contributed by atoms with Crippen molar-refractivity contribution in [1.29, 1.82) is 0 Å². The fourth-order valence-corrected chi connectivity index (χ4v) is 6.55. The van der Waals surface area contributed by atoms with Crippen LogP contribution in [0.4, 0.5) is 5.69 Å². The van der Waals surface area contributed by atoms with Crippen molar-refractivity contribution in [1.82, 2.24) is 10.2 Å². The van der Waals surface area contributed by atoms with Crippen molar-refractivity contribution >= 4 is 43.5 Å². The third-order valence-corrected chi connectivity index (χ3v) is 9.45. The Labute approximate surface area is 262 Å².